The Morgan fingerprint density at radius 1 is 1.36 bits per heavy atom. The van der Waals surface area contributed by atoms with E-state index in [9.17, 15) is 0 Å². The fraction of sp³-hybridized carbons (Fsp3) is 0.444. The lowest BCUT2D eigenvalue weighted by atomic mass is 10.2. The molecular formula is C9H14Cl2N2O. The second kappa shape index (κ2) is 6.06. The summed E-state index contributed by atoms with van der Waals surface area (Å²) in [5, 5.41) is 3.26. The van der Waals surface area contributed by atoms with Gasteiger partial charge in [0.1, 0.15) is 6.61 Å². The summed E-state index contributed by atoms with van der Waals surface area (Å²) in [6.07, 6.45) is 0. The Hall–Kier alpha value is -0.510. The predicted octanol–water partition coefficient (Wildman–Crippen LogP) is 1.72. The fourth-order valence-corrected chi connectivity index (χ4v) is 1.26. The Balaban J connectivity index is 0.000000845. The zero-order valence-electron chi connectivity index (χ0n) is 7.95. The summed E-state index contributed by atoms with van der Waals surface area (Å²) in [6, 6.07) is 4.07. The molecule has 1 N–H and O–H groups in total. The molecule has 14 heavy (non-hydrogen) atoms. The SMILES string of the molecule is Cc1ccc2c(n1)OCCNC2.Cl.Cl. The van der Waals surface area contributed by atoms with Crippen molar-refractivity contribution in [3.05, 3.63) is 23.4 Å². The van der Waals surface area contributed by atoms with Gasteiger partial charge in [-0.1, -0.05) is 6.07 Å². The number of aryl methyl sites for hydroxylation is 1. The van der Waals surface area contributed by atoms with Crippen molar-refractivity contribution < 1.29 is 4.74 Å². The Morgan fingerprint density at radius 3 is 2.93 bits per heavy atom. The molecule has 0 atom stereocenters. The minimum absolute atomic E-state index is 0. The number of fused-ring (bicyclic) bond motifs is 1. The Bertz CT molecular complexity index is 294. The topological polar surface area (TPSA) is 34.1 Å². The van der Waals surface area contributed by atoms with E-state index in [4.69, 9.17) is 4.74 Å². The lowest BCUT2D eigenvalue weighted by molar-refractivity contribution is 0.313. The van der Waals surface area contributed by atoms with Gasteiger partial charge in [-0.25, -0.2) is 4.98 Å². The van der Waals surface area contributed by atoms with Gasteiger partial charge in [-0.15, -0.1) is 24.8 Å². The normalized spacial score (nSPS) is 13.8. The number of hydrogen-bond donors (Lipinski definition) is 1. The maximum absolute atomic E-state index is 5.46. The van der Waals surface area contributed by atoms with E-state index >= 15 is 0 Å². The number of rotatable bonds is 0. The van der Waals surface area contributed by atoms with Crippen molar-refractivity contribution in [3.8, 4) is 5.88 Å². The maximum atomic E-state index is 5.46. The van der Waals surface area contributed by atoms with Gasteiger partial charge in [0, 0.05) is 24.3 Å². The van der Waals surface area contributed by atoms with Crippen molar-refractivity contribution in [1.82, 2.24) is 10.3 Å². The first-order valence-electron chi connectivity index (χ1n) is 4.16. The molecular weight excluding hydrogens is 223 g/mol. The van der Waals surface area contributed by atoms with E-state index in [1.165, 1.54) is 0 Å². The standard InChI is InChI=1S/C9H12N2O.2ClH/c1-7-2-3-8-6-10-4-5-12-9(8)11-7;;/h2-3,10H,4-6H2,1H3;2*1H. The minimum atomic E-state index is 0. The second-order valence-electron chi connectivity index (χ2n) is 2.94. The van der Waals surface area contributed by atoms with Crippen molar-refractivity contribution in [3.63, 3.8) is 0 Å². The molecule has 1 aromatic heterocycles. The van der Waals surface area contributed by atoms with Gasteiger partial charge in [0.2, 0.25) is 5.88 Å². The molecule has 0 aromatic carbocycles. The molecule has 1 aromatic rings. The van der Waals surface area contributed by atoms with Crippen molar-refractivity contribution in [2.24, 2.45) is 0 Å². The molecule has 3 nitrogen and oxygen atoms in total. The number of hydrogen-bond acceptors (Lipinski definition) is 3. The number of nitrogens with zero attached hydrogens (tertiary/aromatic N) is 1. The average molecular weight is 237 g/mol. The number of ether oxygens (including phenoxy) is 1. The first-order valence-corrected chi connectivity index (χ1v) is 4.16. The van der Waals surface area contributed by atoms with Crippen LogP contribution >= 0.6 is 24.8 Å². The van der Waals surface area contributed by atoms with Crippen LogP contribution in [0.25, 0.3) is 0 Å². The smallest absolute Gasteiger partial charge is 0.218 e. The third-order valence-electron chi connectivity index (χ3n) is 1.91. The Morgan fingerprint density at radius 2 is 2.14 bits per heavy atom. The van der Waals surface area contributed by atoms with E-state index in [0.717, 1.165) is 30.2 Å². The molecule has 0 aliphatic carbocycles. The molecule has 0 bridgehead atoms. The van der Waals surface area contributed by atoms with Gasteiger partial charge in [0.15, 0.2) is 0 Å². The first kappa shape index (κ1) is 13.5. The van der Waals surface area contributed by atoms with Crippen LogP contribution in [0.5, 0.6) is 5.88 Å². The number of nitrogens with one attached hydrogen (secondary N) is 1. The van der Waals surface area contributed by atoms with Crippen molar-refractivity contribution in [1.29, 1.82) is 0 Å². The van der Waals surface area contributed by atoms with Gasteiger partial charge in [-0.3, -0.25) is 0 Å². The zero-order chi connectivity index (χ0) is 8.39. The van der Waals surface area contributed by atoms with Crippen LogP contribution in [0.3, 0.4) is 0 Å². The highest BCUT2D eigenvalue weighted by Crippen LogP contribution is 2.17. The monoisotopic (exact) mass is 236 g/mol. The van der Waals surface area contributed by atoms with Crippen LogP contribution < -0.4 is 10.1 Å². The average Bonchev–Trinajstić information content (AvgIpc) is 2.28. The summed E-state index contributed by atoms with van der Waals surface area (Å²) in [6.45, 7) is 4.45. The van der Waals surface area contributed by atoms with Gasteiger partial charge >= 0.3 is 0 Å². The summed E-state index contributed by atoms with van der Waals surface area (Å²) >= 11 is 0. The lowest BCUT2D eigenvalue weighted by Crippen LogP contribution is -2.16. The summed E-state index contributed by atoms with van der Waals surface area (Å²) in [5.74, 6) is 0.792. The van der Waals surface area contributed by atoms with Crippen molar-refractivity contribution >= 4 is 24.8 Å². The van der Waals surface area contributed by atoms with Crippen LogP contribution in [0.2, 0.25) is 0 Å². The third kappa shape index (κ3) is 3.01. The molecule has 0 amide bonds. The quantitative estimate of drug-likeness (QED) is 0.745. The molecule has 2 rings (SSSR count). The second-order valence-corrected chi connectivity index (χ2v) is 2.94. The van der Waals surface area contributed by atoms with Gasteiger partial charge in [0.25, 0.3) is 0 Å². The van der Waals surface area contributed by atoms with E-state index in [1.54, 1.807) is 0 Å². The number of halogens is 2. The maximum Gasteiger partial charge on any atom is 0.218 e. The fourth-order valence-electron chi connectivity index (χ4n) is 1.26. The van der Waals surface area contributed by atoms with Gasteiger partial charge in [-0.05, 0) is 13.0 Å². The Labute approximate surface area is 96.1 Å². The van der Waals surface area contributed by atoms with E-state index < -0.39 is 0 Å². The molecule has 0 fully saturated rings. The lowest BCUT2D eigenvalue weighted by Gasteiger charge is -2.04. The molecule has 0 unspecified atom stereocenters. The molecule has 2 heterocycles. The van der Waals surface area contributed by atoms with E-state index in [2.05, 4.69) is 16.4 Å². The highest BCUT2D eigenvalue weighted by Gasteiger charge is 2.08. The number of pyridine rings is 1. The van der Waals surface area contributed by atoms with Gasteiger partial charge < -0.3 is 10.1 Å². The molecule has 5 heteroatoms. The van der Waals surface area contributed by atoms with Crippen LogP contribution in [0.1, 0.15) is 11.3 Å². The Kier molecular flexibility index (Phi) is 5.84. The first-order chi connectivity index (χ1) is 5.86. The largest absolute Gasteiger partial charge is 0.476 e. The summed E-state index contributed by atoms with van der Waals surface area (Å²) in [7, 11) is 0. The van der Waals surface area contributed by atoms with E-state index in [-0.39, 0.29) is 24.8 Å². The molecule has 1 aliphatic rings. The summed E-state index contributed by atoms with van der Waals surface area (Å²) < 4.78 is 5.46. The highest BCUT2D eigenvalue weighted by atomic mass is 35.5. The molecule has 0 saturated carbocycles. The predicted molar refractivity (Wildman–Crippen MR) is 60.7 cm³/mol. The van der Waals surface area contributed by atoms with Crippen molar-refractivity contribution in [2.75, 3.05) is 13.2 Å². The summed E-state index contributed by atoms with van der Waals surface area (Å²) in [4.78, 5) is 4.31. The summed E-state index contributed by atoms with van der Waals surface area (Å²) in [5.41, 5.74) is 2.16. The molecule has 0 spiro atoms. The molecule has 0 radical (unpaired) electrons. The molecule has 80 valence electrons. The van der Waals surface area contributed by atoms with Gasteiger partial charge in [0.05, 0.1) is 0 Å². The van der Waals surface area contributed by atoms with Crippen LogP contribution in [-0.4, -0.2) is 18.1 Å². The van der Waals surface area contributed by atoms with Crippen LogP contribution in [0.4, 0.5) is 0 Å². The van der Waals surface area contributed by atoms with E-state index in [1.807, 2.05) is 13.0 Å². The van der Waals surface area contributed by atoms with Gasteiger partial charge in [-0.2, -0.15) is 0 Å². The van der Waals surface area contributed by atoms with Crippen LogP contribution in [0, 0.1) is 6.92 Å². The van der Waals surface area contributed by atoms with Crippen molar-refractivity contribution in [2.45, 2.75) is 13.5 Å². The third-order valence-corrected chi connectivity index (χ3v) is 1.91. The van der Waals surface area contributed by atoms with Crippen LogP contribution in [-0.2, 0) is 6.54 Å². The van der Waals surface area contributed by atoms with Crippen LogP contribution in [0.15, 0.2) is 12.1 Å². The van der Waals surface area contributed by atoms with E-state index in [0.29, 0.717) is 6.61 Å². The molecule has 0 saturated heterocycles. The molecule has 1 aliphatic heterocycles. The minimum Gasteiger partial charge on any atom is -0.476 e. The number of aromatic nitrogens is 1. The zero-order valence-corrected chi connectivity index (χ0v) is 9.58. The highest BCUT2D eigenvalue weighted by molar-refractivity contribution is 5.85.